The van der Waals surface area contributed by atoms with E-state index in [1.807, 2.05) is 11.8 Å². The Bertz CT molecular complexity index is 422. The van der Waals surface area contributed by atoms with Gasteiger partial charge in [0.2, 0.25) is 0 Å². The molecule has 1 saturated heterocycles. The maximum absolute atomic E-state index is 10.7. The number of benzene rings is 1. The summed E-state index contributed by atoms with van der Waals surface area (Å²) in [5, 5.41) is 14.8. The van der Waals surface area contributed by atoms with Gasteiger partial charge in [0.05, 0.1) is 11.6 Å². The Kier molecular flexibility index (Phi) is 2.83. The zero-order valence-electron chi connectivity index (χ0n) is 10.1. The molecule has 3 rings (SSSR count). The molecule has 1 aromatic rings. The molecule has 1 aromatic carbocycles. The first-order valence-corrected chi connectivity index (χ1v) is 7.41. The van der Waals surface area contributed by atoms with Crippen LogP contribution in [-0.4, -0.2) is 27.8 Å². The van der Waals surface area contributed by atoms with Crippen LogP contribution in [0.25, 0.3) is 0 Å². The number of aliphatic hydroxyl groups is 1. The molecule has 3 unspecified atom stereocenters. The topological polar surface area (TPSA) is 32.3 Å². The molecule has 2 aliphatic rings. The molecule has 0 aliphatic carbocycles. The highest BCUT2D eigenvalue weighted by molar-refractivity contribution is 8.00. The van der Waals surface area contributed by atoms with Crippen LogP contribution in [0.4, 0.5) is 5.69 Å². The maximum atomic E-state index is 10.7. The molecule has 0 radical (unpaired) electrons. The SMILES string of the molecule is CC1CC(O)(C2CCc3ccccc3N2)CS1. The molecule has 2 nitrogen and oxygen atoms in total. The normalized spacial score (nSPS) is 36.4. The van der Waals surface area contributed by atoms with Crippen molar-refractivity contribution in [1.82, 2.24) is 0 Å². The van der Waals surface area contributed by atoms with E-state index in [2.05, 4.69) is 36.5 Å². The molecular weight excluding hydrogens is 230 g/mol. The minimum Gasteiger partial charge on any atom is -0.387 e. The Morgan fingerprint density at radius 1 is 1.41 bits per heavy atom. The van der Waals surface area contributed by atoms with Crippen molar-refractivity contribution in [3.05, 3.63) is 29.8 Å². The molecule has 0 spiro atoms. The van der Waals surface area contributed by atoms with Crippen molar-refractivity contribution in [1.29, 1.82) is 0 Å². The van der Waals surface area contributed by atoms with E-state index in [0.29, 0.717) is 5.25 Å². The average molecular weight is 249 g/mol. The molecule has 0 bridgehead atoms. The van der Waals surface area contributed by atoms with Crippen molar-refractivity contribution in [3.63, 3.8) is 0 Å². The predicted octanol–water partition coefficient (Wildman–Crippen LogP) is 2.67. The van der Waals surface area contributed by atoms with Gasteiger partial charge < -0.3 is 10.4 Å². The lowest BCUT2D eigenvalue weighted by Gasteiger charge is -2.37. The van der Waals surface area contributed by atoms with Gasteiger partial charge in [-0.2, -0.15) is 11.8 Å². The van der Waals surface area contributed by atoms with Gasteiger partial charge in [0.25, 0.3) is 0 Å². The molecule has 2 heterocycles. The first-order chi connectivity index (χ1) is 8.17. The Labute approximate surface area is 107 Å². The van der Waals surface area contributed by atoms with Crippen LogP contribution in [0.2, 0.25) is 0 Å². The molecule has 92 valence electrons. The second-order valence-corrected chi connectivity index (χ2v) is 6.75. The van der Waals surface area contributed by atoms with Crippen LogP contribution >= 0.6 is 11.8 Å². The summed E-state index contributed by atoms with van der Waals surface area (Å²) in [6.45, 7) is 2.21. The summed E-state index contributed by atoms with van der Waals surface area (Å²) in [4.78, 5) is 0. The fourth-order valence-corrected chi connectivity index (χ4v) is 4.29. The number of fused-ring (bicyclic) bond motifs is 1. The average Bonchev–Trinajstić information content (AvgIpc) is 2.70. The van der Waals surface area contributed by atoms with Gasteiger partial charge in [-0.05, 0) is 30.9 Å². The lowest BCUT2D eigenvalue weighted by molar-refractivity contribution is 0.0397. The standard InChI is InChI=1S/C14H19NOS/c1-10-8-14(16,9-17-10)13-7-6-11-4-2-3-5-12(11)15-13/h2-5,10,13,15-16H,6-9H2,1H3. The van der Waals surface area contributed by atoms with Gasteiger partial charge in [-0.3, -0.25) is 0 Å². The van der Waals surface area contributed by atoms with Crippen molar-refractivity contribution in [2.75, 3.05) is 11.1 Å². The molecule has 0 amide bonds. The van der Waals surface area contributed by atoms with Crippen molar-refractivity contribution >= 4 is 17.4 Å². The number of aryl methyl sites for hydroxylation is 1. The number of thioether (sulfide) groups is 1. The van der Waals surface area contributed by atoms with E-state index in [9.17, 15) is 5.11 Å². The molecule has 2 aliphatic heterocycles. The Morgan fingerprint density at radius 2 is 2.24 bits per heavy atom. The van der Waals surface area contributed by atoms with E-state index in [0.717, 1.165) is 25.0 Å². The minimum atomic E-state index is -0.516. The smallest absolute Gasteiger partial charge is 0.0948 e. The van der Waals surface area contributed by atoms with Gasteiger partial charge in [-0.1, -0.05) is 25.1 Å². The van der Waals surface area contributed by atoms with E-state index < -0.39 is 5.60 Å². The van der Waals surface area contributed by atoms with Crippen LogP contribution in [0, 0.1) is 0 Å². The van der Waals surface area contributed by atoms with Gasteiger partial charge in [-0.15, -0.1) is 0 Å². The number of rotatable bonds is 1. The third-order valence-electron chi connectivity index (χ3n) is 3.96. The summed E-state index contributed by atoms with van der Waals surface area (Å²) in [5.74, 6) is 0.869. The quantitative estimate of drug-likeness (QED) is 0.802. The number of para-hydroxylation sites is 1. The fraction of sp³-hybridized carbons (Fsp3) is 0.571. The maximum Gasteiger partial charge on any atom is 0.0948 e. The van der Waals surface area contributed by atoms with Gasteiger partial charge in [0.1, 0.15) is 0 Å². The van der Waals surface area contributed by atoms with Gasteiger partial charge >= 0.3 is 0 Å². The molecule has 0 saturated carbocycles. The monoisotopic (exact) mass is 249 g/mol. The third kappa shape index (κ3) is 2.06. The molecule has 3 atom stereocenters. The van der Waals surface area contributed by atoms with E-state index >= 15 is 0 Å². The molecule has 17 heavy (non-hydrogen) atoms. The van der Waals surface area contributed by atoms with E-state index in [1.165, 1.54) is 11.3 Å². The summed E-state index contributed by atoms with van der Waals surface area (Å²) < 4.78 is 0. The number of nitrogens with one attached hydrogen (secondary N) is 1. The largest absolute Gasteiger partial charge is 0.387 e. The summed E-state index contributed by atoms with van der Waals surface area (Å²) in [5.41, 5.74) is 2.07. The summed E-state index contributed by atoms with van der Waals surface area (Å²) >= 11 is 1.89. The second kappa shape index (κ2) is 4.21. The highest BCUT2D eigenvalue weighted by Crippen LogP contribution is 2.40. The van der Waals surface area contributed by atoms with E-state index in [-0.39, 0.29) is 6.04 Å². The van der Waals surface area contributed by atoms with E-state index in [1.54, 1.807) is 0 Å². The summed E-state index contributed by atoms with van der Waals surface area (Å²) in [7, 11) is 0. The van der Waals surface area contributed by atoms with Crippen molar-refractivity contribution < 1.29 is 5.11 Å². The fourth-order valence-electron chi connectivity index (χ4n) is 2.99. The van der Waals surface area contributed by atoms with Crippen LogP contribution in [0.3, 0.4) is 0 Å². The first-order valence-electron chi connectivity index (χ1n) is 6.36. The zero-order valence-corrected chi connectivity index (χ0v) is 11.0. The number of hydrogen-bond acceptors (Lipinski definition) is 3. The van der Waals surface area contributed by atoms with Gasteiger partial charge in [0.15, 0.2) is 0 Å². The van der Waals surface area contributed by atoms with Crippen molar-refractivity contribution in [2.45, 2.75) is 43.1 Å². The molecular formula is C14H19NOS. The molecule has 0 aromatic heterocycles. The van der Waals surface area contributed by atoms with Crippen LogP contribution in [-0.2, 0) is 6.42 Å². The van der Waals surface area contributed by atoms with Crippen LogP contribution in [0.15, 0.2) is 24.3 Å². The van der Waals surface area contributed by atoms with Crippen molar-refractivity contribution in [2.24, 2.45) is 0 Å². The minimum absolute atomic E-state index is 0.217. The molecule has 1 fully saturated rings. The Balaban J connectivity index is 1.80. The van der Waals surface area contributed by atoms with Crippen LogP contribution in [0.1, 0.15) is 25.3 Å². The lowest BCUT2D eigenvalue weighted by Crippen LogP contribution is -2.49. The highest BCUT2D eigenvalue weighted by atomic mass is 32.2. The zero-order chi connectivity index (χ0) is 11.9. The van der Waals surface area contributed by atoms with E-state index in [4.69, 9.17) is 0 Å². The lowest BCUT2D eigenvalue weighted by atomic mass is 9.84. The second-order valence-electron chi connectivity index (χ2n) is 5.32. The third-order valence-corrected chi connectivity index (χ3v) is 5.36. The Morgan fingerprint density at radius 3 is 3.00 bits per heavy atom. The first kappa shape index (κ1) is 11.4. The van der Waals surface area contributed by atoms with Gasteiger partial charge in [0, 0.05) is 16.7 Å². The van der Waals surface area contributed by atoms with Gasteiger partial charge in [-0.25, -0.2) is 0 Å². The predicted molar refractivity (Wildman–Crippen MR) is 73.7 cm³/mol. The Hall–Kier alpha value is -0.670. The number of anilines is 1. The van der Waals surface area contributed by atoms with Crippen molar-refractivity contribution in [3.8, 4) is 0 Å². The highest BCUT2D eigenvalue weighted by Gasteiger charge is 2.43. The molecule has 2 N–H and O–H groups in total. The molecule has 3 heteroatoms. The van der Waals surface area contributed by atoms with Crippen LogP contribution < -0.4 is 5.32 Å². The van der Waals surface area contributed by atoms with Crippen LogP contribution in [0.5, 0.6) is 0 Å². The summed E-state index contributed by atoms with van der Waals surface area (Å²) in [6.07, 6.45) is 3.04. The summed E-state index contributed by atoms with van der Waals surface area (Å²) in [6, 6.07) is 8.66. The number of hydrogen-bond donors (Lipinski definition) is 2.